The predicted octanol–water partition coefficient (Wildman–Crippen LogP) is 15.3. The number of rotatable bonds is 29. The molecule has 6 aliphatic rings. The fraction of sp³-hybridized carbons (Fsp3) is 0.349. The van der Waals surface area contributed by atoms with Gasteiger partial charge in [0.25, 0.3) is 63.7 Å². The molecule has 786 valence electrons. The van der Waals surface area contributed by atoms with Gasteiger partial charge in [0.2, 0.25) is 17.6 Å². The van der Waals surface area contributed by atoms with Crippen molar-refractivity contribution in [2.75, 3.05) is 89.8 Å². The molecule has 2 saturated carbocycles. The lowest BCUT2D eigenvalue weighted by molar-refractivity contribution is 0.0944. The van der Waals surface area contributed by atoms with E-state index in [2.05, 4.69) is 85.8 Å². The van der Waals surface area contributed by atoms with Crippen molar-refractivity contribution in [3.05, 3.63) is 253 Å². The Morgan fingerprint density at radius 3 is 1.30 bits per heavy atom. The van der Waals surface area contributed by atoms with Gasteiger partial charge in [-0.2, -0.15) is 38.8 Å². The molecule has 6 fully saturated rings. The second-order valence-corrected chi connectivity index (χ2v) is 44.8. The van der Waals surface area contributed by atoms with Crippen molar-refractivity contribution in [3.63, 3.8) is 0 Å². The monoisotopic (exact) mass is 2120 g/mol. The zero-order valence-corrected chi connectivity index (χ0v) is 87.3. The highest BCUT2D eigenvalue weighted by Crippen LogP contribution is 2.50. The zero-order chi connectivity index (χ0) is 106. The number of H-pyrrole nitrogens is 1. The quantitative estimate of drug-likeness (QED) is 0.0216. The largest absolute Gasteiger partial charge is 0.493 e. The van der Waals surface area contributed by atoms with Gasteiger partial charge in [0.05, 0.1) is 83.2 Å². The molecule has 1 spiro atoms. The van der Waals surface area contributed by atoms with E-state index in [0.29, 0.717) is 113 Å². The molecule has 19 rings (SSSR count). The molecule has 3 unspecified atom stereocenters. The van der Waals surface area contributed by atoms with Crippen molar-refractivity contribution in [2.45, 2.75) is 189 Å². The molecule has 15 heterocycles. The van der Waals surface area contributed by atoms with E-state index in [1.165, 1.54) is 104 Å². The third-order valence-electron chi connectivity index (χ3n) is 26.4. The number of carbonyl (C=O) groups excluding carboxylic acids is 4. The first-order chi connectivity index (χ1) is 71.9. The number of carbonyl (C=O) groups is 4. The number of pyridine rings is 10. The summed E-state index contributed by atoms with van der Waals surface area (Å²) in [5, 5.41) is 4.79. The summed E-state index contributed by atoms with van der Waals surface area (Å²) in [7, 11) is -15.3. The number of sulfonamides is 4. The maximum Gasteiger partial charge on any atom is 0.281 e. The normalized spacial score (nSPS) is 16.5. The minimum Gasteiger partial charge on any atom is -0.493 e. The number of hydrogen-bond donors (Lipinski definition) is 8. The molecule has 4 aliphatic heterocycles. The maximum absolute atomic E-state index is 14.4. The summed E-state index contributed by atoms with van der Waals surface area (Å²) < 4.78 is 148. The number of nitrogens with zero attached hydrogens (tertiary/aromatic N) is 15. The van der Waals surface area contributed by atoms with Crippen LogP contribution in [0, 0.1) is 23.1 Å². The van der Waals surface area contributed by atoms with Crippen LogP contribution < -0.4 is 74.6 Å². The number of aromatic nitrogens is 12. The number of nitrogen functional groups attached to an aromatic ring is 3. The van der Waals surface area contributed by atoms with Crippen LogP contribution in [0.15, 0.2) is 239 Å². The Labute approximate surface area is 870 Å². The third kappa shape index (κ3) is 26.6. The van der Waals surface area contributed by atoms with E-state index in [0.717, 1.165) is 125 Å². The lowest BCUT2D eigenvalue weighted by Gasteiger charge is -2.48. The SMILES string of the molecule is CC(C)COc1cc(F)cc(-c2ccc(C(=O)NS(=O)(=O)c3ccn[nH]3)c(N3CCCCCC3)n2)c1.CC(C)Oc1ccc(-c2ccc(C(=O)NS(=O)(=O)c3cccc(N)n3)c(N3CCC4CCCC43)n2)cn1.CC(C)Oc1ccc(-c2ccc(C(=O)NS(=O)(=O)c3cccc(N)n3)c(N3CCCCC3c3ccccc3)n2)cn1.COc1ccc(-c2ccc(C(=O)NS(=O)(=O)c3cccc(N)n3)c(N3CCC4(CCC4)CC3)n2)cn1. The van der Waals surface area contributed by atoms with Crippen LogP contribution in [-0.2, 0) is 40.1 Å². The zero-order valence-electron chi connectivity index (χ0n) is 84.0. The Balaban J connectivity index is 0.000000143. The molecule has 0 radical (unpaired) electrons. The predicted molar refractivity (Wildman–Crippen MR) is 565 cm³/mol. The van der Waals surface area contributed by atoms with Crippen LogP contribution in [0.2, 0.25) is 0 Å². The number of ether oxygens (including phenoxy) is 4. The molecule has 4 amide bonds. The number of fused-ring (bicyclic) bond motifs is 1. The molecule has 3 atom stereocenters. The van der Waals surface area contributed by atoms with E-state index < -0.39 is 69.5 Å². The Morgan fingerprint density at radius 1 is 0.420 bits per heavy atom. The summed E-state index contributed by atoms with van der Waals surface area (Å²) in [6.45, 7) is 16.4. The average Bonchev–Trinajstić information content (AvgIpc) is 1.66. The summed E-state index contributed by atoms with van der Waals surface area (Å²) in [4.78, 5) is 106. The first-order valence-corrected chi connectivity index (χ1v) is 55.7. The fourth-order valence-electron chi connectivity index (χ4n) is 18.9. The molecular weight excluding hydrogens is 2000 g/mol. The van der Waals surface area contributed by atoms with Crippen molar-refractivity contribution < 1.29 is 76.2 Å². The Kier molecular flexibility index (Phi) is 33.9. The van der Waals surface area contributed by atoms with E-state index in [1.807, 2.05) is 82.8 Å². The minimum atomic E-state index is -4.28. The van der Waals surface area contributed by atoms with Crippen LogP contribution >= 0.6 is 0 Å². The van der Waals surface area contributed by atoms with Crippen LogP contribution in [0.5, 0.6) is 23.4 Å². The summed E-state index contributed by atoms with van der Waals surface area (Å²) >= 11 is 0. The smallest absolute Gasteiger partial charge is 0.281 e. The highest BCUT2D eigenvalue weighted by Gasteiger charge is 2.43. The van der Waals surface area contributed by atoms with E-state index in [9.17, 15) is 57.2 Å². The number of halogens is 1. The molecule has 2 aliphatic carbocycles. The standard InChI is InChI=1S/C30H32N6O4S.C26H30N6O4S.C25H30FN5O4S.C25H28N6O4S/c1-20(2)40-27-17-14-22(19-32-27)24-16-15-23(30(37)35-41(38,39)28-13-8-12-26(31)34-28)29(33-24)36-18-7-6-11-25(36)21-9-4-3-5-10-21;1-16(2)36-23-12-9-18(15-28-23)20-11-10-19(25(29-20)32-14-13-17-5-3-6-21(17)32)26(33)31-37(34,35)24-8-4-7-22(27)30-24;1-17(2)16-35-20-14-18(13-19(26)15-20)22-8-7-21(24(28-22)31-11-5-3-4-6-12-31)25(32)30-36(33,34)23-9-10-27-29-23;1-35-21-9-6-17(16-27-21)19-8-7-18(23(28-19)31-14-12-25(13-15-31)10-3-11-25)24(32)30-36(33,34)22-5-2-4-20(26)29-22/h3-5,8-10,12-17,19-20,25H,6-7,11,18H2,1-2H3,(H2,31,34)(H,35,37);4,7-12,15-17,21H,3,5-6,13-14H2,1-2H3,(H2,27,30)(H,31,33);7-10,13-15,17H,3-6,11-12,16H2,1-2H3,(H,27,29)(H,30,32);2,4-9,16H,3,10-15H2,1H3,(H2,26,29)(H,30,32). The maximum atomic E-state index is 14.4. The van der Waals surface area contributed by atoms with Crippen LogP contribution in [0.3, 0.4) is 0 Å². The van der Waals surface area contributed by atoms with Gasteiger partial charge < -0.3 is 55.7 Å². The van der Waals surface area contributed by atoms with Crippen LogP contribution in [0.1, 0.15) is 197 Å². The average molecular weight is 2120 g/mol. The first-order valence-electron chi connectivity index (χ1n) is 49.7. The van der Waals surface area contributed by atoms with Crippen LogP contribution in [0.4, 0.5) is 45.1 Å². The van der Waals surface area contributed by atoms with Crippen molar-refractivity contribution in [2.24, 2.45) is 17.3 Å². The van der Waals surface area contributed by atoms with Gasteiger partial charge in [0.15, 0.2) is 20.1 Å². The number of amides is 4. The van der Waals surface area contributed by atoms with Gasteiger partial charge in [-0.05, 0) is 249 Å². The van der Waals surface area contributed by atoms with Crippen LogP contribution in [0.25, 0.3) is 45.0 Å². The lowest BCUT2D eigenvalue weighted by Crippen LogP contribution is -2.44. The van der Waals surface area contributed by atoms with E-state index in [-0.39, 0.29) is 90.0 Å². The molecule has 44 heteroatoms. The number of benzene rings is 2. The van der Waals surface area contributed by atoms with E-state index >= 15 is 0 Å². The van der Waals surface area contributed by atoms with Gasteiger partial charge in [-0.3, -0.25) is 24.3 Å². The van der Waals surface area contributed by atoms with Gasteiger partial charge in [-0.1, -0.05) is 88.1 Å². The molecule has 11 aromatic heterocycles. The van der Waals surface area contributed by atoms with Gasteiger partial charge in [0, 0.05) is 110 Å². The molecule has 39 nitrogen and oxygen atoms in total. The van der Waals surface area contributed by atoms with E-state index in [1.54, 1.807) is 92.4 Å². The highest BCUT2D eigenvalue weighted by atomic mass is 32.2. The Morgan fingerprint density at radius 2 is 0.867 bits per heavy atom. The van der Waals surface area contributed by atoms with Crippen molar-refractivity contribution in [1.29, 1.82) is 0 Å². The Bertz CT molecular complexity index is 7480. The molecule has 2 aromatic carbocycles. The molecule has 13 aromatic rings. The summed E-state index contributed by atoms with van der Waals surface area (Å²) in [5.41, 5.74) is 24.1. The number of methoxy groups -OCH3 is 1. The summed E-state index contributed by atoms with van der Waals surface area (Å²) in [6, 6.07) is 52.5. The van der Waals surface area contributed by atoms with E-state index in [4.69, 9.17) is 56.1 Å². The van der Waals surface area contributed by atoms with Crippen LogP contribution in [-0.4, -0.2) is 189 Å². The number of piperidine rings is 2. The second kappa shape index (κ2) is 47.4. The number of aromatic amines is 1. The lowest BCUT2D eigenvalue weighted by atomic mass is 9.63. The number of hydrogen-bond acceptors (Lipinski definition) is 34. The number of nitrogens with two attached hydrogens (primary N) is 3. The highest BCUT2D eigenvalue weighted by molar-refractivity contribution is 7.91. The van der Waals surface area contributed by atoms with Gasteiger partial charge in [0.1, 0.15) is 52.3 Å². The topological polar surface area (TPSA) is 538 Å². The number of anilines is 7. The molecule has 150 heavy (non-hydrogen) atoms. The summed E-state index contributed by atoms with van der Waals surface area (Å²) in [6.07, 6.45) is 23.2. The third-order valence-corrected chi connectivity index (χ3v) is 31.4. The molecule has 0 bridgehead atoms. The van der Waals surface area contributed by atoms with Gasteiger partial charge in [-0.25, -0.2) is 73.1 Å². The van der Waals surface area contributed by atoms with Crippen molar-refractivity contribution in [1.82, 2.24) is 78.9 Å². The van der Waals surface area contributed by atoms with Gasteiger partial charge >= 0.3 is 0 Å². The molecular formula is C106H120FN23O16S4. The molecule has 4 saturated heterocycles. The number of nitrogens with one attached hydrogen (secondary N) is 5. The second-order valence-electron chi connectivity index (χ2n) is 38.3. The van der Waals surface area contributed by atoms with Crippen molar-refractivity contribution >= 4 is 104 Å². The fourth-order valence-corrected chi connectivity index (χ4v) is 22.6. The summed E-state index contributed by atoms with van der Waals surface area (Å²) in [5.74, 6) is 0.920. The molecule has 11 N–H and O–H groups in total. The van der Waals surface area contributed by atoms with Gasteiger partial charge in [-0.15, -0.1) is 0 Å². The van der Waals surface area contributed by atoms with Crippen molar-refractivity contribution in [3.8, 4) is 68.4 Å². The first kappa shape index (κ1) is 107. The Hall–Kier alpha value is -15.4. The minimum absolute atomic E-state index is 0.00852.